The van der Waals surface area contributed by atoms with Gasteiger partial charge in [0.05, 0.1) is 0 Å². The fourth-order valence-electron chi connectivity index (χ4n) is 1.45. The molecule has 0 heterocycles. The topological polar surface area (TPSA) is 58.2 Å². The molecular weight excluding hydrogens is 260 g/mol. The Balaban J connectivity index is 1.98. The number of nitrogens with one attached hydrogen (secondary N) is 2. The van der Waals surface area contributed by atoms with Crippen LogP contribution in [0, 0.1) is 0 Å². The molecule has 0 unspecified atom stereocenters. The Morgan fingerprint density at radius 3 is 2.53 bits per heavy atom. The number of carbonyl (C=O) groups is 2. The second-order valence-electron chi connectivity index (χ2n) is 4.10. The quantitative estimate of drug-likeness (QED) is 0.564. The molecule has 5 heteroatoms. The lowest BCUT2D eigenvalue weighted by atomic mass is 10.3. The van der Waals surface area contributed by atoms with Gasteiger partial charge in [0.15, 0.2) is 0 Å². The van der Waals surface area contributed by atoms with Crippen molar-refractivity contribution in [3.05, 3.63) is 30.3 Å². The van der Waals surface area contributed by atoms with Gasteiger partial charge in [-0.3, -0.25) is 9.59 Å². The van der Waals surface area contributed by atoms with Crippen molar-refractivity contribution >= 4 is 23.6 Å². The molecule has 0 spiro atoms. The maximum Gasteiger partial charge on any atom is 0.221 e. The van der Waals surface area contributed by atoms with Crippen LogP contribution in [-0.2, 0) is 9.59 Å². The van der Waals surface area contributed by atoms with Crippen LogP contribution in [0.4, 0.5) is 0 Å². The molecule has 0 bridgehead atoms. The first-order valence-electron chi connectivity index (χ1n) is 6.37. The number of hydrogen-bond acceptors (Lipinski definition) is 3. The Morgan fingerprint density at radius 2 is 1.84 bits per heavy atom. The summed E-state index contributed by atoms with van der Waals surface area (Å²) in [4.78, 5) is 23.3. The van der Waals surface area contributed by atoms with Crippen molar-refractivity contribution in [3.63, 3.8) is 0 Å². The van der Waals surface area contributed by atoms with Crippen molar-refractivity contribution in [1.29, 1.82) is 0 Å². The van der Waals surface area contributed by atoms with Gasteiger partial charge in [-0.1, -0.05) is 18.2 Å². The van der Waals surface area contributed by atoms with E-state index in [2.05, 4.69) is 22.8 Å². The predicted octanol–water partition coefficient (Wildman–Crippen LogP) is 1.81. The van der Waals surface area contributed by atoms with Gasteiger partial charge in [0.1, 0.15) is 0 Å². The average Bonchev–Trinajstić information content (AvgIpc) is 2.39. The molecule has 2 N–H and O–H groups in total. The van der Waals surface area contributed by atoms with Crippen molar-refractivity contribution in [1.82, 2.24) is 10.6 Å². The van der Waals surface area contributed by atoms with Crippen molar-refractivity contribution < 1.29 is 9.59 Å². The molecule has 1 aromatic rings. The molecule has 0 fully saturated rings. The highest BCUT2D eigenvalue weighted by molar-refractivity contribution is 7.99. The Kier molecular flexibility index (Phi) is 7.74. The van der Waals surface area contributed by atoms with Crippen LogP contribution in [0.25, 0.3) is 0 Å². The van der Waals surface area contributed by atoms with Crippen molar-refractivity contribution in [2.24, 2.45) is 0 Å². The zero-order chi connectivity index (χ0) is 13.9. The van der Waals surface area contributed by atoms with E-state index in [1.165, 1.54) is 11.8 Å². The molecule has 4 nitrogen and oxygen atoms in total. The lowest BCUT2D eigenvalue weighted by Crippen LogP contribution is -2.30. The molecule has 104 valence electrons. The molecule has 0 aliphatic heterocycles. The third kappa shape index (κ3) is 8.26. The van der Waals surface area contributed by atoms with Crippen LogP contribution in [-0.4, -0.2) is 30.7 Å². The van der Waals surface area contributed by atoms with Crippen LogP contribution in [0.5, 0.6) is 0 Å². The summed E-state index contributed by atoms with van der Waals surface area (Å²) in [7, 11) is 0. The van der Waals surface area contributed by atoms with E-state index in [9.17, 15) is 9.59 Å². The van der Waals surface area contributed by atoms with E-state index < -0.39 is 0 Å². The molecule has 0 saturated heterocycles. The zero-order valence-electron chi connectivity index (χ0n) is 11.1. The maximum absolute atomic E-state index is 11.4. The van der Waals surface area contributed by atoms with Gasteiger partial charge in [-0.15, -0.1) is 11.8 Å². The molecule has 0 saturated carbocycles. The third-order valence-corrected chi connectivity index (χ3v) is 3.48. The second-order valence-corrected chi connectivity index (χ2v) is 5.27. The summed E-state index contributed by atoms with van der Waals surface area (Å²) in [5.74, 6) is 0.862. The van der Waals surface area contributed by atoms with E-state index in [1.807, 2.05) is 18.2 Å². The van der Waals surface area contributed by atoms with Gasteiger partial charge in [0, 0.05) is 31.3 Å². The summed E-state index contributed by atoms with van der Waals surface area (Å²) in [5, 5.41) is 5.43. The highest BCUT2D eigenvalue weighted by Gasteiger charge is 2.00. The molecule has 0 aliphatic carbocycles. The smallest absolute Gasteiger partial charge is 0.221 e. The molecule has 1 aromatic carbocycles. The van der Waals surface area contributed by atoms with E-state index in [1.54, 1.807) is 11.8 Å². The van der Waals surface area contributed by atoms with Crippen molar-refractivity contribution in [3.8, 4) is 0 Å². The Bertz CT molecular complexity index is 396. The lowest BCUT2D eigenvalue weighted by Gasteiger charge is -2.05. The minimum atomic E-state index is -0.105. The molecule has 1 rings (SSSR count). The fourth-order valence-corrected chi connectivity index (χ4v) is 2.32. The van der Waals surface area contributed by atoms with Crippen LogP contribution in [0.1, 0.15) is 19.8 Å². The summed E-state index contributed by atoms with van der Waals surface area (Å²) >= 11 is 1.79. The molecule has 0 atom stereocenters. The van der Waals surface area contributed by atoms with Crippen LogP contribution >= 0.6 is 11.8 Å². The largest absolute Gasteiger partial charge is 0.356 e. The minimum Gasteiger partial charge on any atom is -0.356 e. The van der Waals surface area contributed by atoms with E-state index in [0.717, 1.165) is 12.2 Å². The van der Waals surface area contributed by atoms with E-state index in [0.29, 0.717) is 19.5 Å². The molecule has 0 aliphatic rings. The number of thioether (sulfide) groups is 1. The Labute approximate surface area is 118 Å². The predicted molar refractivity (Wildman–Crippen MR) is 78.1 cm³/mol. The number of carbonyl (C=O) groups excluding carboxylic acids is 2. The first kappa shape index (κ1) is 15.6. The summed E-state index contributed by atoms with van der Waals surface area (Å²) in [6.07, 6.45) is 1.27. The SMILES string of the molecule is CC(=O)NCCC(=O)NCCCSc1ccccc1. The van der Waals surface area contributed by atoms with E-state index >= 15 is 0 Å². The maximum atomic E-state index is 11.4. The Morgan fingerprint density at radius 1 is 1.11 bits per heavy atom. The molecule has 0 radical (unpaired) electrons. The van der Waals surface area contributed by atoms with Gasteiger partial charge in [0.2, 0.25) is 11.8 Å². The first-order valence-corrected chi connectivity index (χ1v) is 7.36. The zero-order valence-corrected chi connectivity index (χ0v) is 12.0. The van der Waals surface area contributed by atoms with Crippen molar-refractivity contribution in [2.75, 3.05) is 18.8 Å². The average molecular weight is 280 g/mol. The third-order valence-electron chi connectivity index (χ3n) is 2.38. The summed E-state index contributed by atoms with van der Waals surface area (Å²) in [6.45, 7) is 2.53. The Hall–Kier alpha value is -1.49. The number of rotatable bonds is 8. The number of amides is 2. The molecule has 0 aromatic heterocycles. The highest BCUT2D eigenvalue weighted by atomic mass is 32.2. The summed E-state index contributed by atoms with van der Waals surface area (Å²) < 4.78 is 0. The summed E-state index contributed by atoms with van der Waals surface area (Å²) in [5.41, 5.74) is 0. The monoisotopic (exact) mass is 280 g/mol. The van der Waals surface area contributed by atoms with Gasteiger partial charge in [0.25, 0.3) is 0 Å². The fraction of sp³-hybridized carbons (Fsp3) is 0.429. The number of hydrogen-bond donors (Lipinski definition) is 2. The highest BCUT2D eigenvalue weighted by Crippen LogP contribution is 2.17. The first-order chi connectivity index (χ1) is 9.18. The van der Waals surface area contributed by atoms with E-state index in [4.69, 9.17) is 0 Å². The summed E-state index contributed by atoms with van der Waals surface area (Å²) in [6, 6.07) is 10.2. The molecule has 19 heavy (non-hydrogen) atoms. The number of benzene rings is 1. The van der Waals surface area contributed by atoms with Gasteiger partial charge < -0.3 is 10.6 Å². The minimum absolute atomic E-state index is 0.0153. The molecular formula is C14H20N2O2S. The van der Waals surface area contributed by atoms with Crippen LogP contribution in [0.15, 0.2) is 35.2 Å². The van der Waals surface area contributed by atoms with Gasteiger partial charge in [-0.2, -0.15) is 0 Å². The van der Waals surface area contributed by atoms with Gasteiger partial charge in [-0.25, -0.2) is 0 Å². The van der Waals surface area contributed by atoms with Crippen molar-refractivity contribution in [2.45, 2.75) is 24.7 Å². The van der Waals surface area contributed by atoms with Crippen LogP contribution in [0.2, 0.25) is 0 Å². The van der Waals surface area contributed by atoms with Gasteiger partial charge in [-0.05, 0) is 24.3 Å². The standard InChI is InChI=1S/C14H20N2O2S/c1-12(17)15-10-8-14(18)16-9-5-11-19-13-6-3-2-4-7-13/h2-4,6-7H,5,8-11H2,1H3,(H,15,17)(H,16,18). The molecule has 2 amide bonds. The van der Waals surface area contributed by atoms with E-state index in [-0.39, 0.29) is 11.8 Å². The second kappa shape index (κ2) is 9.44. The van der Waals surface area contributed by atoms with Crippen LogP contribution in [0.3, 0.4) is 0 Å². The van der Waals surface area contributed by atoms with Crippen LogP contribution < -0.4 is 10.6 Å². The van der Waals surface area contributed by atoms with Gasteiger partial charge >= 0.3 is 0 Å². The lowest BCUT2D eigenvalue weighted by molar-refractivity contribution is -0.121. The normalized spacial score (nSPS) is 9.95.